The van der Waals surface area contributed by atoms with Crippen molar-refractivity contribution in [3.63, 3.8) is 0 Å². The number of nitrogens with one attached hydrogen (secondary N) is 1. The van der Waals surface area contributed by atoms with Crippen LogP contribution in [0, 0.1) is 11.3 Å². The topological polar surface area (TPSA) is 100 Å². The second-order valence-corrected chi connectivity index (χ2v) is 8.56. The summed E-state index contributed by atoms with van der Waals surface area (Å²) < 4.78 is 36.5. The maximum atomic E-state index is 14.9. The van der Waals surface area contributed by atoms with E-state index in [2.05, 4.69) is 10.4 Å². The van der Waals surface area contributed by atoms with E-state index in [-0.39, 0.29) is 40.2 Å². The Hall–Kier alpha value is -5.04. The second kappa shape index (κ2) is 11.8. The van der Waals surface area contributed by atoms with Gasteiger partial charge in [0, 0.05) is 28.9 Å². The van der Waals surface area contributed by atoms with E-state index in [1.165, 1.54) is 77.5 Å². The van der Waals surface area contributed by atoms with Gasteiger partial charge in [0.05, 0.1) is 31.1 Å². The van der Waals surface area contributed by atoms with Gasteiger partial charge in [-0.25, -0.2) is 0 Å². The van der Waals surface area contributed by atoms with E-state index in [1.54, 1.807) is 18.2 Å². The van der Waals surface area contributed by atoms with Gasteiger partial charge in [0.2, 0.25) is 0 Å². The highest BCUT2D eigenvalue weighted by atomic mass is 19.3. The zero-order chi connectivity index (χ0) is 28.9. The zero-order valence-electron chi connectivity index (χ0n) is 22.2. The van der Waals surface area contributed by atoms with E-state index in [9.17, 15) is 23.6 Å². The van der Waals surface area contributed by atoms with Crippen molar-refractivity contribution in [1.82, 2.24) is 9.78 Å². The molecule has 4 aromatic rings. The average Bonchev–Trinajstić information content (AvgIpc) is 3.41. The molecule has 0 atom stereocenters. The smallest absolute Gasteiger partial charge is 0.298 e. The van der Waals surface area contributed by atoms with Gasteiger partial charge in [-0.15, -0.1) is 0 Å². The first-order valence-electron chi connectivity index (χ1n) is 12.6. The Labute approximate surface area is 230 Å². The Morgan fingerprint density at radius 1 is 1.02 bits per heavy atom. The summed E-state index contributed by atoms with van der Waals surface area (Å²) in [6.45, 7) is 4.62. The van der Waals surface area contributed by atoms with Crippen molar-refractivity contribution in [2.45, 2.75) is 26.3 Å². The standard InChI is InChI=1S/C28H21F2N5O3.C2H6/c1-38-24-12-7-18(15-19(24)16-31)26(36)33-23-17-32-35-14-13-34(27(37)25(23)35)22-10-8-21(9-11-22)28(29,30)20-5-3-2-4-6-20;1-2/h2-12,15,17H,13-14H2,1H3,(H,33,36);1-2H3. The fourth-order valence-electron chi connectivity index (χ4n) is 4.34. The van der Waals surface area contributed by atoms with Gasteiger partial charge < -0.3 is 15.0 Å². The number of hydrogen-bond acceptors (Lipinski definition) is 5. The monoisotopic (exact) mass is 543 g/mol. The Bertz CT molecular complexity index is 1560. The van der Waals surface area contributed by atoms with E-state index in [0.29, 0.717) is 18.0 Å². The van der Waals surface area contributed by atoms with E-state index in [4.69, 9.17) is 4.74 Å². The third kappa shape index (κ3) is 5.27. The van der Waals surface area contributed by atoms with Gasteiger partial charge in [-0.1, -0.05) is 56.3 Å². The van der Waals surface area contributed by atoms with E-state index in [1.807, 2.05) is 19.9 Å². The predicted molar refractivity (Wildman–Crippen MR) is 147 cm³/mol. The first-order valence-corrected chi connectivity index (χ1v) is 12.6. The van der Waals surface area contributed by atoms with Crippen LogP contribution in [0.4, 0.5) is 20.2 Å². The van der Waals surface area contributed by atoms with Gasteiger partial charge in [0.15, 0.2) is 0 Å². The Balaban J connectivity index is 0.00000181. The number of nitrogens with zero attached hydrogens (tertiary/aromatic N) is 4. The molecule has 2 amide bonds. The summed E-state index contributed by atoms with van der Waals surface area (Å²) in [7, 11) is 1.43. The number of ether oxygens (including phenoxy) is 1. The molecule has 0 radical (unpaired) electrons. The molecule has 10 heteroatoms. The molecule has 0 saturated carbocycles. The van der Waals surface area contributed by atoms with Crippen molar-refractivity contribution in [3.05, 3.63) is 107 Å². The summed E-state index contributed by atoms with van der Waals surface area (Å²) in [5, 5.41) is 16.2. The van der Waals surface area contributed by atoms with Crippen LogP contribution in [0.25, 0.3) is 0 Å². The molecular formula is C30H27F2N5O3. The van der Waals surface area contributed by atoms with Crippen LogP contribution in [-0.4, -0.2) is 35.2 Å². The van der Waals surface area contributed by atoms with Crippen LogP contribution in [0.3, 0.4) is 0 Å². The Morgan fingerprint density at radius 2 is 1.70 bits per heavy atom. The molecule has 2 heterocycles. The SMILES string of the molecule is CC.COc1ccc(C(=O)Nc2cnn3c2C(=O)N(c2ccc(C(F)(F)c4ccccc4)cc2)CC3)cc1C#N. The minimum atomic E-state index is -3.19. The number of methoxy groups -OCH3 is 1. The molecule has 1 N–H and O–H groups in total. The van der Waals surface area contributed by atoms with Crippen molar-refractivity contribution in [2.75, 3.05) is 23.9 Å². The molecule has 1 aliphatic heterocycles. The van der Waals surface area contributed by atoms with Crippen LogP contribution in [-0.2, 0) is 12.5 Å². The number of alkyl halides is 2. The molecule has 1 aliphatic rings. The predicted octanol–water partition coefficient (Wildman–Crippen LogP) is 5.84. The number of carbonyl (C=O) groups is 2. The normalized spacial score (nSPS) is 12.5. The fraction of sp³-hybridized carbons (Fsp3) is 0.200. The molecular weight excluding hydrogens is 516 g/mol. The van der Waals surface area contributed by atoms with Crippen molar-refractivity contribution < 1.29 is 23.1 Å². The molecule has 0 saturated heterocycles. The van der Waals surface area contributed by atoms with Crippen LogP contribution < -0.4 is 15.0 Å². The number of anilines is 2. The highest BCUT2D eigenvalue weighted by Gasteiger charge is 2.35. The average molecular weight is 544 g/mol. The van der Waals surface area contributed by atoms with E-state index < -0.39 is 17.7 Å². The van der Waals surface area contributed by atoms with Crippen LogP contribution in [0.15, 0.2) is 79.0 Å². The Kier molecular flexibility index (Phi) is 8.24. The third-order valence-electron chi connectivity index (χ3n) is 6.33. The fourth-order valence-corrected chi connectivity index (χ4v) is 4.34. The van der Waals surface area contributed by atoms with Gasteiger partial charge in [0.25, 0.3) is 17.7 Å². The third-order valence-corrected chi connectivity index (χ3v) is 6.33. The zero-order valence-corrected chi connectivity index (χ0v) is 22.2. The number of amides is 2. The van der Waals surface area contributed by atoms with Crippen molar-refractivity contribution in [2.24, 2.45) is 0 Å². The van der Waals surface area contributed by atoms with Gasteiger partial charge >= 0.3 is 0 Å². The molecule has 0 fully saturated rings. The van der Waals surface area contributed by atoms with E-state index >= 15 is 0 Å². The lowest BCUT2D eigenvalue weighted by Crippen LogP contribution is -2.41. The summed E-state index contributed by atoms with van der Waals surface area (Å²) in [4.78, 5) is 27.7. The number of carbonyl (C=O) groups excluding carboxylic acids is 2. The summed E-state index contributed by atoms with van der Waals surface area (Å²) in [5.74, 6) is -3.81. The lowest BCUT2D eigenvalue weighted by molar-refractivity contribution is 0.0428. The van der Waals surface area contributed by atoms with Crippen LogP contribution in [0.2, 0.25) is 0 Å². The van der Waals surface area contributed by atoms with Gasteiger partial charge in [-0.05, 0) is 30.3 Å². The molecule has 0 aliphatic carbocycles. The maximum Gasteiger partial charge on any atom is 0.298 e. The molecule has 40 heavy (non-hydrogen) atoms. The van der Waals surface area contributed by atoms with Crippen molar-refractivity contribution in [1.29, 1.82) is 5.26 Å². The molecule has 0 bridgehead atoms. The van der Waals surface area contributed by atoms with Gasteiger partial charge in [-0.2, -0.15) is 19.1 Å². The van der Waals surface area contributed by atoms with Crippen molar-refractivity contribution in [3.8, 4) is 11.8 Å². The first-order chi connectivity index (χ1) is 19.3. The molecule has 3 aromatic carbocycles. The largest absolute Gasteiger partial charge is 0.495 e. The van der Waals surface area contributed by atoms with Crippen LogP contribution in [0.1, 0.15) is 51.4 Å². The molecule has 0 spiro atoms. The molecule has 204 valence electrons. The number of hydrogen-bond donors (Lipinski definition) is 1. The lowest BCUT2D eigenvalue weighted by Gasteiger charge is -2.28. The minimum Gasteiger partial charge on any atom is -0.495 e. The van der Waals surface area contributed by atoms with Gasteiger partial charge in [0.1, 0.15) is 17.5 Å². The lowest BCUT2D eigenvalue weighted by atomic mass is 10.00. The van der Waals surface area contributed by atoms with Crippen LogP contribution in [0.5, 0.6) is 5.75 Å². The van der Waals surface area contributed by atoms with Crippen molar-refractivity contribution >= 4 is 23.2 Å². The maximum absolute atomic E-state index is 14.9. The highest BCUT2D eigenvalue weighted by Crippen LogP contribution is 2.36. The summed E-state index contributed by atoms with van der Waals surface area (Å²) in [6.07, 6.45) is 1.38. The molecule has 0 unspecified atom stereocenters. The summed E-state index contributed by atoms with van der Waals surface area (Å²) in [5.41, 5.74) is 0.902. The number of fused-ring (bicyclic) bond motifs is 1. The van der Waals surface area contributed by atoms with Crippen LogP contribution >= 0.6 is 0 Å². The summed E-state index contributed by atoms with van der Waals surface area (Å²) in [6, 6.07) is 19.5. The van der Waals surface area contributed by atoms with E-state index in [0.717, 1.165) is 0 Å². The Morgan fingerprint density at radius 3 is 2.35 bits per heavy atom. The number of benzene rings is 3. The first kappa shape index (κ1) is 28.0. The number of nitriles is 1. The number of rotatable bonds is 6. The quantitative estimate of drug-likeness (QED) is 0.329. The van der Waals surface area contributed by atoms with Gasteiger partial charge in [-0.3, -0.25) is 14.3 Å². The molecule has 1 aromatic heterocycles. The molecule has 5 rings (SSSR count). The molecule has 8 nitrogen and oxygen atoms in total. The number of halogens is 2. The number of aromatic nitrogens is 2. The minimum absolute atomic E-state index is 0.121. The summed E-state index contributed by atoms with van der Waals surface area (Å²) >= 11 is 0. The highest BCUT2D eigenvalue weighted by molar-refractivity contribution is 6.13. The second-order valence-electron chi connectivity index (χ2n) is 8.56.